The second kappa shape index (κ2) is 4.45. The largest absolute Gasteiger partial charge is 0.277 e. The second-order valence-corrected chi connectivity index (χ2v) is 4.04. The van der Waals surface area contributed by atoms with E-state index in [0.29, 0.717) is 0 Å². The number of para-hydroxylation sites is 1. The van der Waals surface area contributed by atoms with Gasteiger partial charge in [-0.3, -0.25) is 5.10 Å². The Kier molecular flexibility index (Phi) is 2.65. The fraction of sp³-hybridized carbons (Fsp3) is 0. The van der Waals surface area contributed by atoms with Crippen molar-refractivity contribution in [3.05, 3.63) is 65.6 Å². The normalized spacial score (nSPS) is 11.4. The van der Waals surface area contributed by atoms with Crippen molar-refractivity contribution >= 4 is 23.1 Å². The van der Waals surface area contributed by atoms with Crippen LogP contribution < -0.4 is 0 Å². The third-order valence-electron chi connectivity index (χ3n) is 2.80. The van der Waals surface area contributed by atoms with E-state index in [2.05, 4.69) is 10.2 Å². The predicted molar refractivity (Wildman–Crippen MR) is 71.4 cm³/mol. The van der Waals surface area contributed by atoms with Crippen LogP contribution in [0, 0.1) is 5.82 Å². The van der Waals surface area contributed by atoms with E-state index < -0.39 is 0 Å². The van der Waals surface area contributed by atoms with Crippen LogP contribution in [0.4, 0.5) is 4.39 Å². The molecule has 3 rings (SSSR count). The Morgan fingerprint density at radius 1 is 0.944 bits per heavy atom. The van der Waals surface area contributed by atoms with E-state index in [-0.39, 0.29) is 5.82 Å². The van der Waals surface area contributed by atoms with Crippen LogP contribution in [0.1, 0.15) is 11.3 Å². The molecule has 2 aromatic carbocycles. The Labute approximate surface area is 104 Å². The van der Waals surface area contributed by atoms with E-state index in [1.807, 2.05) is 36.4 Å². The van der Waals surface area contributed by atoms with Crippen LogP contribution in [0.5, 0.6) is 0 Å². The number of nitrogens with zero attached hydrogens (tertiary/aromatic N) is 1. The van der Waals surface area contributed by atoms with Gasteiger partial charge in [-0.2, -0.15) is 5.10 Å². The first-order valence-corrected chi connectivity index (χ1v) is 5.70. The molecule has 2 nitrogen and oxygen atoms in total. The third-order valence-corrected chi connectivity index (χ3v) is 2.80. The number of hydrogen-bond donors (Lipinski definition) is 1. The van der Waals surface area contributed by atoms with E-state index in [1.165, 1.54) is 12.1 Å². The minimum Gasteiger partial charge on any atom is -0.277 e. The first kappa shape index (κ1) is 10.7. The quantitative estimate of drug-likeness (QED) is 0.721. The van der Waals surface area contributed by atoms with E-state index in [1.54, 1.807) is 12.1 Å². The molecule has 0 saturated carbocycles. The lowest BCUT2D eigenvalue weighted by molar-refractivity contribution is 0.628. The molecule has 0 aliphatic heterocycles. The average molecular weight is 238 g/mol. The monoisotopic (exact) mass is 238 g/mol. The summed E-state index contributed by atoms with van der Waals surface area (Å²) in [5.74, 6) is -0.225. The lowest BCUT2D eigenvalue weighted by Crippen LogP contribution is -1.76. The van der Waals surface area contributed by atoms with Gasteiger partial charge >= 0.3 is 0 Å². The molecule has 88 valence electrons. The molecular formula is C15H11FN2. The lowest BCUT2D eigenvalue weighted by atomic mass is 10.1. The van der Waals surface area contributed by atoms with Crippen LogP contribution in [0.25, 0.3) is 23.1 Å². The summed E-state index contributed by atoms with van der Waals surface area (Å²) in [4.78, 5) is 0. The van der Waals surface area contributed by atoms with E-state index in [9.17, 15) is 4.39 Å². The molecule has 18 heavy (non-hydrogen) atoms. The smallest absolute Gasteiger partial charge is 0.123 e. The first-order valence-electron chi connectivity index (χ1n) is 5.70. The number of benzene rings is 2. The van der Waals surface area contributed by atoms with Gasteiger partial charge in [-0.05, 0) is 29.8 Å². The standard InChI is InChI=1S/C15H11FN2/c16-12-8-5-11(6-9-12)7-10-15-13-3-1-2-4-14(13)17-18-15/h1-10H,(H,17,18)/b10-7+. The van der Waals surface area contributed by atoms with Crippen LogP contribution >= 0.6 is 0 Å². The summed E-state index contributed by atoms with van der Waals surface area (Å²) >= 11 is 0. The Bertz CT molecular complexity index is 696. The molecule has 1 N–H and O–H groups in total. The van der Waals surface area contributed by atoms with Crippen molar-refractivity contribution in [2.24, 2.45) is 0 Å². The van der Waals surface area contributed by atoms with Gasteiger partial charge in [-0.1, -0.05) is 36.4 Å². The molecule has 0 unspecified atom stereocenters. The Balaban J connectivity index is 1.94. The van der Waals surface area contributed by atoms with Crippen LogP contribution in [0.15, 0.2) is 48.5 Å². The Hall–Kier alpha value is -2.42. The van der Waals surface area contributed by atoms with E-state index in [4.69, 9.17) is 0 Å². The predicted octanol–water partition coefficient (Wildman–Crippen LogP) is 3.87. The Morgan fingerprint density at radius 3 is 2.56 bits per heavy atom. The third kappa shape index (κ3) is 2.02. The highest BCUT2D eigenvalue weighted by atomic mass is 19.1. The zero-order valence-electron chi connectivity index (χ0n) is 9.60. The van der Waals surface area contributed by atoms with Gasteiger partial charge in [0.05, 0.1) is 11.2 Å². The number of aromatic nitrogens is 2. The topological polar surface area (TPSA) is 28.7 Å². The van der Waals surface area contributed by atoms with Crippen LogP contribution in [-0.4, -0.2) is 10.2 Å². The van der Waals surface area contributed by atoms with Crippen LogP contribution in [0.3, 0.4) is 0 Å². The number of fused-ring (bicyclic) bond motifs is 1. The van der Waals surface area contributed by atoms with Gasteiger partial charge in [0, 0.05) is 5.39 Å². The maximum Gasteiger partial charge on any atom is 0.123 e. The van der Waals surface area contributed by atoms with Gasteiger partial charge in [-0.15, -0.1) is 0 Å². The SMILES string of the molecule is Fc1ccc(/C=C/c2n[nH]c3ccccc23)cc1. The van der Waals surface area contributed by atoms with Crippen molar-refractivity contribution in [2.45, 2.75) is 0 Å². The summed E-state index contributed by atoms with van der Waals surface area (Å²) in [6.07, 6.45) is 3.84. The second-order valence-electron chi connectivity index (χ2n) is 4.04. The minimum atomic E-state index is -0.225. The van der Waals surface area contributed by atoms with Gasteiger partial charge in [0.2, 0.25) is 0 Å². The number of H-pyrrole nitrogens is 1. The van der Waals surface area contributed by atoms with Crippen molar-refractivity contribution < 1.29 is 4.39 Å². The zero-order valence-corrected chi connectivity index (χ0v) is 9.60. The van der Waals surface area contributed by atoms with Gasteiger partial charge in [0.1, 0.15) is 5.82 Å². The highest BCUT2D eigenvalue weighted by Gasteiger charge is 2.00. The van der Waals surface area contributed by atoms with E-state index in [0.717, 1.165) is 22.2 Å². The van der Waals surface area contributed by atoms with Crippen molar-refractivity contribution in [3.8, 4) is 0 Å². The molecule has 0 radical (unpaired) electrons. The molecule has 0 aliphatic carbocycles. The van der Waals surface area contributed by atoms with Gasteiger partial charge in [0.25, 0.3) is 0 Å². The number of hydrogen-bond acceptors (Lipinski definition) is 1. The molecule has 0 fully saturated rings. The summed E-state index contributed by atoms with van der Waals surface area (Å²) in [6.45, 7) is 0. The molecule has 0 saturated heterocycles. The molecule has 1 heterocycles. The van der Waals surface area contributed by atoms with Crippen molar-refractivity contribution in [2.75, 3.05) is 0 Å². The summed E-state index contributed by atoms with van der Waals surface area (Å²) in [5.41, 5.74) is 2.84. The van der Waals surface area contributed by atoms with Crippen LogP contribution in [0.2, 0.25) is 0 Å². The minimum absolute atomic E-state index is 0.225. The molecular weight excluding hydrogens is 227 g/mol. The van der Waals surface area contributed by atoms with E-state index >= 15 is 0 Å². The average Bonchev–Trinajstić information content (AvgIpc) is 2.82. The highest BCUT2D eigenvalue weighted by molar-refractivity contribution is 5.89. The van der Waals surface area contributed by atoms with Crippen molar-refractivity contribution in [1.82, 2.24) is 10.2 Å². The molecule has 1 aromatic heterocycles. The van der Waals surface area contributed by atoms with Crippen molar-refractivity contribution in [1.29, 1.82) is 0 Å². The fourth-order valence-corrected chi connectivity index (χ4v) is 1.86. The molecule has 0 atom stereocenters. The summed E-state index contributed by atoms with van der Waals surface area (Å²) < 4.78 is 12.8. The Morgan fingerprint density at radius 2 is 1.72 bits per heavy atom. The van der Waals surface area contributed by atoms with Gasteiger partial charge in [-0.25, -0.2) is 4.39 Å². The molecule has 0 amide bonds. The molecule has 0 bridgehead atoms. The summed E-state index contributed by atoms with van der Waals surface area (Å²) in [5, 5.41) is 8.29. The van der Waals surface area contributed by atoms with Gasteiger partial charge < -0.3 is 0 Å². The molecule has 3 heteroatoms. The number of aromatic amines is 1. The fourth-order valence-electron chi connectivity index (χ4n) is 1.86. The summed E-state index contributed by atoms with van der Waals surface area (Å²) in [6, 6.07) is 14.3. The number of rotatable bonds is 2. The molecule has 0 aliphatic rings. The summed E-state index contributed by atoms with van der Waals surface area (Å²) in [7, 11) is 0. The number of halogens is 1. The van der Waals surface area contributed by atoms with Gasteiger partial charge in [0.15, 0.2) is 0 Å². The molecule has 0 spiro atoms. The maximum absolute atomic E-state index is 12.8. The molecule has 3 aromatic rings. The first-order chi connectivity index (χ1) is 8.83. The van der Waals surface area contributed by atoms with Crippen LogP contribution in [-0.2, 0) is 0 Å². The zero-order chi connectivity index (χ0) is 12.4. The highest BCUT2D eigenvalue weighted by Crippen LogP contribution is 2.17. The number of nitrogens with one attached hydrogen (secondary N) is 1. The lowest BCUT2D eigenvalue weighted by Gasteiger charge is -1.92. The maximum atomic E-state index is 12.8. The van der Waals surface area contributed by atoms with Crippen molar-refractivity contribution in [3.63, 3.8) is 0 Å².